The minimum Gasteiger partial charge on any atom is -0.302 e. The van der Waals surface area contributed by atoms with E-state index in [1.54, 1.807) is 0 Å². The van der Waals surface area contributed by atoms with Crippen molar-refractivity contribution in [2.75, 3.05) is 0 Å². The third-order valence-electron chi connectivity index (χ3n) is 0.312. The summed E-state index contributed by atoms with van der Waals surface area (Å²) in [6.45, 7) is 0. The normalized spacial score (nSPS) is 13.5. The molecule has 68 valence electrons. The van der Waals surface area contributed by atoms with Gasteiger partial charge >= 0.3 is 15.6 Å². The fraction of sp³-hybridized carbons (Fsp3) is 0. The Bertz CT molecular complexity index is 171. The van der Waals surface area contributed by atoms with Crippen molar-refractivity contribution in [3.63, 3.8) is 0 Å². The van der Waals surface area contributed by atoms with Crippen LogP contribution in [-0.2, 0) is 17.8 Å². The molecule has 0 bridgehead atoms. The van der Waals surface area contributed by atoms with E-state index < -0.39 is 24.7 Å². The highest BCUT2D eigenvalue weighted by molar-refractivity contribution is 7.58. The summed E-state index contributed by atoms with van der Waals surface area (Å²) in [7, 11) is -10.8. The van der Waals surface area contributed by atoms with Gasteiger partial charge in [0.05, 0.1) is 0 Å². The molecule has 0 unspecified atom stereocenters. The lowest BCUT2D eigenvalue weighted by atomic mass is 15.7. The van der Waals surface area contributed by atoms with Crippen molar-refractivity contribution in [2.45, 2.75) is 0 Å². The zero-order valence-corrected chi connectivity index (χ0v) is 7.61. The van der Waals surface area contributed by atoms with Gasteiger partial charge in [-0.15, -0.1) is 0 Å². The van der Waals surface area contributed by atoms with Gasteiger partial charge in [-0.2, -0.15) is 0 Å². The number of rotatable bonds is 4. The summed E-state index contributed by atoms with van der Waals surface area (Å²) in [6.07, 6.45) is 0. The topological polar surface area (TPSA) is 134 Å². The van der Waals surface area contributed by atoms with Crippen molar-refractivity contribution < 1.29 is 37.3 Å². The molecule has 11 heavy (non-hydrogen) atoms. The maximum absolute atomic E-state index is 9.86. The zero-order chi connectivity index (χ0) is 9.12. The molecule has 0 fully saturated rings. The van der Waals surface area contributed by atoms with Crippen LogP contribution in [-0.4, -0.2) is 19.6 Å². The molecule has 0 heterocycles. The summed E-state index contributed by atoms with van der Waals surface area (Å²) in [4.78, 5) is 31.9. The molecule has 0 amide bonds. The average Bonchev–Trinajstić information content (AvgIpc) is 1.55. The van der Waals surface area contributed by atoms with E-state index in [4.69, 9.17) is 19.6 Å². The second-order valence-corrected chi connectivity index (χ2v) is 4.84. The van der Waals surface area contributed by atoms with E-state index in [-0.39, 0.29) is 0 Å². The molecule has 0 aromatic carbocycles. The van der Waals surface area contributed by atoms with Crippen molar-refractivity contribution >= 4 is 24.7 Å². The highest BCUT2D eigenvalue weighted by Crippen LogP contribution is 2.51. The number of phosphoric acid groups is 2. The second kappa shape index (κ2) is 4.05. The first-order chi connectivity index (χ1) is 4.71. The van der Waals surface area contributed by atoms with Crippen molar-refractivity contribution in [3.8, 4) is 0 Å². The molecule has 0 radical (unpaired) electrons. The van der Waals surface area contributed by atoms with Gasteiger partial charge in [0.15, 0.2) is 9.03 Å². The summed E-state index contributed by atoms with van der Waals surface area (Å²) in [5.74, 6) is 0. The molecular formula is H5O8P3. The molecule has 0 spiro atoms. The first kappa shape index (κ1) is 11.6. The first-order valence-electron chi connectivity index (χ1n) is 1.94. The molecule has 0 aliphatic heterocycles. The molecule has 11 heteroatoms. The predicted molar refractivity (Wildman–Crippen MR) is 34.6 cm³/mol. The standard InChI is InChI=1S/H5O8P3/c1-10(2,3)7-9-8-11(4,5)6/h9H,(H2,1,2,3)(H2,4,5,6). The number of hydrogen-bond acceptors (Lipinski definition) is 4. The predicted octanol–water partition coefficient (Wildman–Crippen LogP) is -0.287. The van der Waals surface area contributed by atoms with Crippen LogP contribution in [0, 0.1) is 0 Å². The Morgan fingerprint density at radius 1 is 0.909 bits per heavy atom. The van der Waals surface area contributed by atoms with Crippen molar-refractivity contribution in [1.82, 2.24) is 0 Å². The molecule has 0 aliphatic carbocycles. The Morgan fingerprint density at radius 2 is 1.18 bits per heavy atom. The highest BCUT2D eigenvalue weighted by Gasteiger charge is 2.19. The summed E-state index contributed by atoms with van der Waals surface area (Å²) < 4.78 is 26.9. The van der Waals surface area contributed by atoms with Crippen LogP contribution in [0.4, 0.5) is 0 Å². The van der Waals surface area contributed by atoms with E-state index in [9.17, 15) is 9.13 Å². The van der Waals surface area contributed by atoms with Gasteiger partial charge in [-0.1, -0.05) is 0 Å². The summed E-state index contributed by atoms with van der Waals surface area (Å²) in [5, 5.41) is 0. The molecule has 8 nitrogen and oxygen atoms in total. The Kier molecular flexibility index (Phi) is 4.29. The monoisotopic (exact) mass is 226 g/mol. The van der Waals surface area contributed by atoms with Gasteiger partial charge in [0, 0.05) is 0 Å². The van der Waals surface area contributed by atoms with E-state index in [0.717, 1.165) is 0 Å². The van der Waals surface area contributed by atoms with Gasteiger partial charge in [0.25, 0.3) is 0 Å². The SMILES string of the molecule is O=P(O)(O)OPOP(=O)(O)O. The molecule has 4 N–H and O–H groups in total. The van der Waals surface area contributed by atoms with Crippen LogP contribution >= 0.6 is 24.7 Å². The lowest BCUT2D eigenvalue weighted by molar-refractivity contribution is 0.268. The van der Waals surface area contributed by atoms with E-state index in [1.807, 2.05) is 0 Å². The Labute approximate surface area is 63.0 Å². The van der Waals surface area contributed by atoms with E-state index in [0.29, 0.717) is 0 Å². The third-order valence-corrected chi connectivity index (χ3v) is 2.81. The minimum absolute atomic E-state index is 1.39. The smallest absolute Gasteiger partial charge is 0.302 e. The number of hydrogen-bond donors (Lipinski definition) is 4. The second-order valence-electron chi connectivity index (χ2n) is 1.25. The first-order valence-corrected chi connectivity index (χ1v) is 5.82. The summed E-state index contributed by atoms with van der Waals surface area (Å²) in [6, 6.07) is 0. The van der Waals surface area contributed by atoms with Crippen LogP contribution in [0.3, 0.4) is 0 Å². The van der Waals surface area contributed by atoms with E-state index in [1.165, 1.54) is 0 Å². The van der Waals surface area contributed by atoms with Gasteiger partial charge in [0.2, 0.25) is 0 Å². The van der Waals surface area contributed by atoms with Crippen LogP contribution in [0.25, 0.3) is 0 Å². The highest BCUT2D eigenvalue weighted by atomic mass is 31.3. The fourth-order valence-electron chi connectivity index (χ4n) is 0.114. The quantitative estimate of drug-likeness (QED) is 0.480. The Morgan fingerprint density at radius 3 is 1.36 bits per heavy atom. The van der Waals surface area contributed by atoms with E-state index >= 15 is 0 Å². The molecule has 0 atom stereocenters. The average molecular weight is 226 g/mol. The molecule has 0 saturated carbocycles. The third kappa shape index (κ3) is 10.7. The maximum atomic E-state index is 9.86. The maximum Gasteiger partial charge on any atom is 0.474 e. The molecule has 0 aromatic heterocycles. The molecule has 0 rings (SSSR count). The molecule has 0 aromatic rings. The van der Waals surface area contributed by atoms with Gasteiger partial charge in [0.1, 0.15) is 0 Å². The molecule has 0 saturated heterocycles. The Hall–Kier alpha value is 0.650. The van der Waals surface area contributed by atoms with Crippen molar-refractivity contribution in [2.24, 2.45) is 0 Å². The summed E-state index contributed by atoms with van der Waals surface area (Å²) in [5.41, 5.74) is 0. The lowest BCUT2D eigenvalue weighted by Crippen LogP contribution is -1.79. The van der Waals surface area contributed by atoms with E-state index in [2.05, 4.69) is 8.62 Å². The minimum atomic E-state index is -4.71. The fourth-order valence-corrected chi connectivity index (χ4v) is 1.32. The van der Waals surface area contributed by atoms with Crippen LogP contribution in [0.2, 0.25) is 0 Å². The van der Waals surface area contributed by atoms with Gasteiger partial charge in [-0.25, -0.2) is 17.8 Å². The Balaban J connectivity index is 3.61. The van der Waals surface area contributed by atoms with Crippen LogP contribution in [0.15, 0.2) is 0 Å². The van der Waals surface area contributed by atoms with Crippen molar-refractivity contribution in [3.05, 3.63) is 0 Å². The summed E-state index contributed by atoms with van der Waals surface area (Å²) >= 11 is 0. The van der Waals surface area contributed by atoms with Crippen LogP contribution < -0.4 is 0 Å². The largest absolute Gasteiger partial charge is 0.474 e. The van der Waals surface area contributed by atoms with Crippen molar-refractivity contribution in [1.29, 1.82) is 0 Å². The lowest BCUT2D eigenvalue weighted by Gasteiger charge is -2.04. The zero-order valence-electron chi connectivity index (χ0n) is 4.82. The van der Waals surface area contributed by atoms with Gasteiger partial charge in [-0.05, 0) is 0 Å². The van der Waals surface area contributed by atoms with Gasteiger partial charge < -0.3 is 19.6 Å². The van der Waals surface area contributed by atoms with Crippen LogP contribution in [0.5, 0.6) is 0 Å². The molecule has 0 aliphatic rings. The van der Waals surface area contributed by atoms with Gasteiger partial charge in [-0.3, -0.25) is 0 Å². The molecular weight excluding hydrogens is 221 g/mol. The van der Waals surface area contributed by atoms with Crippen LogP contribution in [0.1, 0.15) is 0 Å².